The highest BCUT2D eigenvalue weighted by Gasteiger charge is 2.24. The molecule has 0 saturated carbocycles. The smallest absolute Gasteiger partial charge is 0.264 e. The predicted octanol–water partition coefficient (Wildman–Crippen LogP) is 4.53. The van der Waals surface area contributed by atoms with Crippen molar-refractivity contribution in [3.8, 4) is 17.6 Å². The fraction of sp³-hybridized carbons (Fsp3) is 0.214. The van der Waals surface area contributed by atoms with Crippen LogP contribution in [0.2, 0.25) is 0 Å². The molecule has 0 spiro atoms. The number of carbonyl (C=O) groups excluding carboxylic acids is 1. The molecule has 0 bridgehead atoms. The van der Waals surface area contributed by atoms with Crippen LogP contribution in [0.3, 0.4) is 0 Å². The number of piperazine rings is 1. The summed E-state index contributed by atoms with van der Waals surface area (Å²) in [5.41, 5.74) is 3.01. The van der Waals surface area contributed by atoms with E-state index in [0.717, 1.165) is 24.3 Å². The second kappa shape index (κ2) is 11.1. The van der Waals surface area contributed by atoms with Gasteiger partial charge in [-0.3, -0.25) is 4.79 Å². The van der Waals surface area contributed by atoms with Gasteiger partial charge in [-0.1, -0.05) is 54.6 Å². The van der Waals surface area contributed by atoms with E-state index in [1.165, 1.54) is 0 Å². The van der Waals surface area contributed by atoms with E-state index in [4.69, 9.17) is 9.47 Å². The highest BCUT2D eigenvalue weighted by Crippen LogP contribution is 2.30. The fourth-order valence-corrected chi connectivity index (χ4v) is 3.91. The molecule has 1 aliphatic rings. The van der Waals surface area contributed by atoms with Crippen molar-refractivity contribution in [1.29, 1.82) is 5.26 Å². The quantitative estimate of drug-likeness (QED) is 0.388. The number of rotatable bonds is 7. The first-order valence-corrected chi connectivity index (χ1v) is 11.2. The summed E-state index contributed by atoms with van der Waals surface area (Å²) in [4.78, 5) is 17.0. The molecule has 6 heteroatoms. The van der Waals surface area contributed by atoms with E-state index in [1.807, 2.05) is 54.6 Å². The number of ether oxygens (including phenoxy) is 2. The maximum atomic E-state index is 13.0. The Morgan fingerprint density at radius 2 is 1.62 bits per heavy atom. The van der Waals surface area contributed by atoms with Crippen LogP contribution in [0.25, 0.3) is 6.08 Å². The molecule has 1 amide bonds. The van der Waals surface area contributed by atoms with Crippen LogP contribution in [0.4, 0.5) is 5.69 Å². The van der Waals surface area contributed by atoms with Crippen LogP contribution in [-0.2, 0) is 11.4 Å². The number of amides is 1. The molecule has 3 aromatic rings. The maximum Gasteiger partial charge on any atom is 0.264 e. The van der Waals surface area contributed by atoms with Gasteiger partial charge in [-0.25, -0.2) is 0 Å². The molecule has 0 radical (unpaired) electrons. The summed E-state index contributed by atoms with van der Waals surface area (Å²) in [6.45, 7) is 3.03. The number of nitrogens with zero attached hydrogens (tertiary/aromatic N) is 3. The summed E-state index contributed by atoms with van der Waals surface area (Å²) in [5.74, 6) is 0.898. The van der Waals surface area contributed by atoms with Crippen LogP contribution in [0.15, 0.2) is 84.4 Å². The number of para-hydroxylation sites is 1. The Kier molecular flexibility index (Phi) is 7.46. The van der Waals surface area contributed by atoms with Gasteiger partial charge in [0.25, 0.3) is 5.91 Å². The Hall–Kier alpha value is -4.24. The van der Waals surface area contributed by atoms with Crippen molar-refractivity contribution in [3.63, 3.8) is 0 Å². The summed E-state index contributed by atoms with van der Waals surface area (Å²) >= 11 is 0. The van der Waals surface area contributed by atoms with Gasteiger partial charge in [0.2, 0.25) is 0 Å². The first-order valence-electron chi connectivity index (χ1n) is 11.2. The molecule has 172 valence electrons. The highest BCUT2D eigenvalue weighted by molar-refractivity contribution is 6.01. The summed E-state index contributed by atoms with van der Waals surface area (Å²) in [5, 5.41) is 9.68. The third-order valence-electron chi connectivity index (χ3n) is 5.77. The molecule has 0 N–H and O–H groups in total. The zero-order chi connectivity index (χ0) is 23.8. The lowest BCUT2D eigenvalue weighted by Gasteiger charge is -2.36. The zero-order valence-electron chi connectivity index (χ0n) is 19.2. The van der Waals surface area contributed by atoms with E-state index in [1.54, 1.807) is 30.2 Å². The Balaban J connectivity index is 1.42. The molecular weight excluding hydrogens is 426 g/mol. The summed E-state index contributed by atoms with van der Waals surface area (Å²) in [6, 6.07) is 27.5. The number of hydrogen-bond acceptors (Lipinski definition) is 5. The van der Waals surface area contributed by atoms with Crippen molar-refractivity contribution in [2.75, 3.05) is 38.2 Å². The van der Waals surface area contributed by atoms with Gasteiger partial charge < -0.3 is 19.3 Å². The molecule has 0 unspecified atom stereocenters. The van der Waals surface area contributed by atoms with Crippen molar-refractivity contribution in [3.05, 3.63) is 95.6 Å². The van der Waals surface area contributed by atoms with Crippen LogP contribution >= 0.6 is 0 Å². The van der Waals surface area contributed by atoms with Crippen molar-refractivity contribution >= 4 is 17.7 Å². The molecule has 6 nitrogen and oxygen atoms in total. The van der Waals surface area contributed by atoms with Crippen LogP contribution in [0.1, 0.15) is 11.1 Å². The summed E-state index contributed by atoms with van der Waals surface area (Å²) in [7, 11) is 1.57. The standard InChI is InChI=1S/C28H27N3O3/c1-33-27-19-23(12-13-26(27)34-21-22-8-4-2-5-9-22)18-24(20-29)28(32)31-16-14-30(15-17-31)25-10-6-3-7-11-25/h2-13,18-19H,14-17,21H2,1H3/b24-18-. The first-order chi connectivity index (χ1) is 16.7. The molecular formula is C28H27N3O3. The van der Waals surface area contributed by atoms with Gasteiger partial charge in [0.1, 0.15) is 18.2 Å². The van der Waals surface area contributed by atoms with Gasteiger partial charge in [-0.2, -0.15) is 5.26 Å². The third kappa shape index (κ3) is 5.57. The van der Waals surface area contributed by atoms with Gasteiger partial charge in [0.15, 0.2) is 11.5 Å². The minimum atomic E-state index is -0.251. The van der Waals surface area contributed by atoms with Crippen LogP contribution in [0.5, 0.6) is 11.5 Å². The average molecular weight is 454 g/mol. The fourth-order valence-electron chi connectivity index (χ4n) is 3.91. The largest absolute Gasteiger partial charge is 0.493 e. The lowest BCUT2D eigenvalue weighted by Crippen LogP contribution is -2.49. The normalized spacial score (nSPS) is 13.8. The lowest BCUT2D eigenvalue weighted by molar-refractivity contribution is -0.126. The molecule has 34 heavy (non-hydrogen) atoms. The van der Waals surface area contributed by atoms with E-state index >= 15 is 0 Å². The second-order valence-electron chi connectivity index (χ2n) is 7.97. The van der Waals surface area contributed by atoms with E-state index in [9.17, 15) is 10.1 Å². The number of methoxy groups -OCH3 is 1. The minimum Gasteiger partial charge on any atom is -0.493 e. The molecule has 1 saturated heterocycles. The topological polar surface area (TPSA) is 65.8 Å². The number of nitriles is 1. The Morgan fingerprint density at radius 3 is 2.26 bits per heavy atom. The Labute approximate surface area is 200 Å². The van der Waals surface area contributed by atoms with Gasteiger partial charge in [0, 0.05) is 31.9 Å². The molecule has 0 aliphatic carbocycles. The van der Waals surface area contributed by atoms with Crippen molar-refractivity contribution in [2.45, 2.75) is 6.61 Å². The molecule has 0 atom stereocenters. The molecule has 1 aliphatic heterocycles. The van der Waals surface area contributed by atoms with E-state index in [-0.39, 0.29) is 11.5 Å². The van der Waals surface area contributed by atoms with Crippen LogP contribution in [-0.4, -0.2) is 44.1 Å². The monoisotopic (exact) mass is 453 g/mol. The van der Waals surface area contributed by atoms with Gasteiger partial charge in [-0.05, 0) is 41.5 Å². The van der Waals surface area contributed by atoms with Crippen LogP contribution in [0, 0.1) is 11.3 Å². The van der Waals surface area contributed by atoms with E-state index in [0.29, 0.717) is 36.8 Å². The van der Waals surface area contributed by atoms with E-state index < -0.39 is 0 Å². The van der Waals surface area contributed by atoms with Gasteiger partial charge in [-0.15, -0.1) is 0 Å². The van der Waals surface area contributed by atoms with E-state index in [2.05, 4.69) is 23.1 Å². The lowest BCUT2D eigenvalue weighted by atomic mass is 10.1. The third-order valence-corrected chi connectivity index (χ3v) is 5.77. The predicted molar refractivity (Wildman–Crippen MR) is 133 cm³/mol. The first kappa shape index (κ1) is 22.9. The van der Waals surface area contributed by atoms with Crippen LogP contribution < -0.4 is 14.4 Å². The highest BCUT2D eigenvalue weighted by atomic mass is 16.5. The summed E-state index contributed by atoms with van der Waals surface area (Å²) < 4.78 is 11.4. The zero-order valence-corrected chi connectivity index (χ0v) is 19.2. The van der Waals surface area contributed by atoms with Crippen molar-refractivity contribution in [1.82, 2.24) is 4.90 Å². The molecule has 3 aromatic carbocycles. The number of carbonyl (C=O) groups is 1. The van der Waals surface area contributed by atoms with Crippen molar-refractivity contribution < 1.29 is 14.3 Å². The Morgan fingerprint density at radius 1 is 0.941 bits per heavy atom. The summed E-state index contributed by atoms with van der Waals surface area (Å²) in [6.07, 6.45) is 1.61. The molecule has 0 aromatic heterocycles. The number of benzene rings is 3. The minimum absolute atomic E-state index is 0.105. The number of anilines is 1. The molecule has 1 fully saturated rings. The molecule has 4 rings (SSSR count). The number of hydrogen-bond donors (Lipinski definition) is 0. The maximum absolute atomic E-state index is 13.0. The molecule has 1 heterocycles. The van der Waals surface area contributed by atoms with Crippen molar-refractivity contribution in [2.24, 2.45) is 0 Å². The second-order valence-corrected chi connectivity index (χ2v) is 7.97. The average Bonchev–Trinajstić information content (AvgIpc) is 2.91. The van der Waals surface area contributed by atoms with Gasteiger partial charge in [0.05, 0.1) is 7.11 Å². The SMILES string of the molecule is COc1cc(/C=C(/C#N)C(=O)N2CCN(c3ccccc3)CC2)ccc1OCc1ccccc1. The van der Waals surface area contributed by atoms with Gasteiger partial charge >= 0.3 is 0 Å². The Bertz CT molecular complexity index is 1180.